The van der Waals surface area contributed by atoms with Gasteiger partial charge in [-0.1, -0.05) is 18.9 Å². The van der Waals surface area contributed by atoms with E-state index in [2.05, 4.69) is 44.9 Å². The maximum atomic E-state index is 6.29. The lowest BCUT2D eigenvalue weighted by Gasteiger charge is -2.38. The highest BCUT2D eigenvalue weighted by Gasteiger charge is 2.26. The molecular formula is C16H26N2. The standard InChI is InChI=1S/C16H26N2/c1-11-9-13(3)16(10-12(11)2)18(4)15-8-6-5-7-14(15)17/h9-10,14-15H,5-8,17H2,1-4H3. The fraction of sp³-hybridized carbons (Fsp3) is 0.625. The number of nitrogens with zero attached hydrogens (tertiary/aromatic N) is 1. The Morgan fingerprint density at radius 3 is 2.28 bits per heavy atom. The molecule has 2 atom stereocenters. The smallest absolute Gasteiger partial charge is 0.0437 e. The minimum absolute atomic E-state index is 0.324. The SMILES string of the molecule is Cc1cc(C)c(N(C)C2CCCCC2N)cc1C. The summed E-state index contributed by atoms with van der Waals surface area (Å²) in [4.78, 5) is 2.41. The molecule has 0 aromatic heterocycles. The van der Waals surface area contributed by atoms with Gasteiger partial charge in [-0.15, -0.1) is 0 Å². The van der Waals surface area contributed by atoms with Crippen LogP contribution in [0.2, 0.25) is 0 Å². The van der Waals surface area contributed by atoms with Crippen LogP contribution >= 0.6 is 0 Å². The topological polar surface area (TPSA) is 29.3 Å². The zero-order chi connectivity index (χ0) is 13.3. The van der Waals surface area contributed by atoms with E-state index in [-0.39, 0.29) is 0 Å². The molecule has 0 heterocycles. The number of likely N-dealkylation sites (N-methyl/N-ethyl adjacent to an activating group) is 1. The predicted octanol–water partition coefficient (Wildman–Crippen LogP) is 3.32. The molecule has 0 saturated heterocycles. The summed E-state index contributed by atoms with van der Waals surface area (Å²) < 4.78 is 0. The van der Waals surface area contributed by atoms with Crippen LogP contribution in [0.5, 0.6) is 0 Å². The Labute approximate surface area is 111 Å². The van der Waals surface area contributed by atoms with E-state index in [0.29, 0.717) is 12.1 Å². The molecule has 0 aliphatic heterocycles. The van der Waals surface area contributed by atoms with Crippen molar-refractivity contribution in [1.29, 1.82) is 0 Å². The van der Waals surface area contributed by atoms with Gasteiger partial charge in [0.1, 0.15) is 0 Å². The van der Waals surface area contributed by atoms with Gasteiger partial charge in [0.05, 0.1) is 0 Å². The lowest BCUT2D eigenvalue weighted by Crippen LogP contribution is -2.48. The van der Waals surface area contributed by atoms with Crippen molar-refractivity contribution in [1.82, 2.24) is 0 Å². The molecule has 1 aliphatic carbocycles. The maximum Gasteiger partial charge on any atom is 0.0437 e. The lowest BCUT2D eigenvalue weighted by atomic mass is 9.89. The summed E-state index contributed by atoms with van der Waals surface area (Å²) in [7, 11) is 2.20. The molecule has 0 amide bonds. The summed E-state index contributed by atoms with van der Waals surface area (Å²) in [6.45, 7) is 6.57. The highest BCUT2D eigenvalue weighted by molar-refractivity contribution is 5.57. The molecule has 1 aromatic rings. The van der Waals surface area contributed by atoms with E-state index in [1.165, 1.54) is 48.1 Å². The third kappa shape index (κ3) is 2.54. The summed E-state index contributed by atoms with van der Waals surface area (Å²) in [6, 6.07) is 5.42. The molecule has 0 bridgehead atoms. The van der Waals surface area contributed by atoms with Crippen LogP contribution in [0, 0.1) is 20.8 Å². The average molecular weight is 246 g/mol. The first-order valence-corrected chi connectivity index (χ1v) is 7.07. The quantitative estimate of drug-likeness (QED) is 0.867. The van der Waals surface area contributed by atoms with Crippen molar-refractivity contribution in [2.24, 2.45) is 5.73 Å². The summed E-state index contributed by atoms with van der Waals surface area (Å²) in [5.41, 5.74) is 11.7. The van der Waals surface area contributed by atoms with Gasteiger partial charge in [0.2, 0.25) is 0 Å². The Bertz CT molecular complexity index is 425. The van der Waals surface area contributed by atoms with E-state index in [1.54, 1.807) is 0 Å². The van der Waals surface area contributed by atoms with Crippen molar-refractivity contribution in [2.45, 2.75) is 58.5 Å². The zero-order valence-corrected chi connectivity index (χ0v) is 12.2. The van der Waals surface area contributed by atoms with Crippen LogP contribution < -0.4 is 10.6 Å². The Morgan fingerprint density at radius 2 is 1.61 bits per heavy atom. The fourth-order valence-corrected chi connectivity index (χ4v) is 3.12. The second kappa shape index (κ2) is 5.31. The number of hydrogen-bond donors (Lipinski definition) is 1. The first-order valence-electron chi connectivity index (χ1n) is 7.07. The van der Waals surface area contributed by atoms with Gasteiger partial charge < -0.3 is 10.6 Å². The minimum atomic E-state index is 0.324. The molecule has 1 aliphatic rings. The van der Waals surface area contributed by atoms with Crippen molar-refractivity contribution in [3.8, 4) is 0 Å². The number of nitrogens with two attached hydrogens (primary N) is 1. The van der Waals surface area contributed by atoms with Crippen molar-refractivity contribution in [2.75, 3.05) is 11.9 Å². The fourth-order valence-electron chi connectivity index (χ4n) is 3.12. The van der Waals surface area contributed by atoms with Crippen molar-refractivity contribution >= 4 is 5.69 Å². The van der Waals surface area contributed by atoms with Crippen LogP contribution in [0.1, 0.15) is 42.4 Å². The number of aryl methyl sites for hydroxylation is 3. The van der Waals surface area contributed by atoms with Gasteiger partial charge >= 0.3 is 0 Å². The normalized spacial score (nSPS) is 24.1. The second-order valence-corrected chi connectivity index (χ2v) is 5.85. The molecule has 18 heavy (non-hydrogen) atoms. The second-order valence-electron chi connectivity index (χ2n) is 5.85. The van der Waals surface area contributed by atoms with Gasteiger partial charge in [-0.05, 0) is 56.4 Å². The van der Waals surface area contributed by atoms with E-state index < -0.39 is 0 Å². The molecule has 1 aromatic carbocycles. The van der Waals surface area contributed by atoms with Gasteiger partial charge in [-0.2, -0.15) is 0 Å². The number of rotatable bonds is 2. The Kier molecular flexibility index (Phi) is 3.96. The third-order valence-corrected chi connectivity index (χ3v) is 4.47. The van der Waals surface area contributed by atoms with Crippen LogP contribution in [0.15, 0.2) is 12.1 Å². The van der Waals surface area contributed by atoms with Crippen LogP contribution in [0.25, 0.3) is 0 Å². The van der Waals surface area contributed by atoms with Gasteiger partial charge in [0.15, 0.2) is 0 Å². The van der Waals surface area contributed by atoms with Crippen molar-refractivity contribution in [3.05, 3.63) is 28.8 Å². The molecule has 2 nitrogen and oxygen atoms in total. The Morgan fingerprint density at radius 1 is 1.00 bits per heavy atom. The number of benzene rings is 1. The summed E-state index contributed by atoms with van der Waals surface area (Å²) >= 11 is 0. The molecule has 1 saturated carbocycles. The number of anilines is 1. The molecule has 100 valence electrons. The highest BCUT2D eigenvalue weighted by atomic mass is 15.2. The first kappa shape index (κ1) is 13.4. The van der Waals surface area contributed by atoms with Crippen molar-refractivity contribution in [3.63, 3.8) is 0 Å². The van der Waals surface area contributed by atoms with Gasteiger partial charge in [-0.25, -0.2) is 0 Å². The van der Waals surface area contributed by atoms with E-state index >= 15 is 0 Å². The summed E-state index contributed by atoms with van der Waals surface area (Å²) in [5.74, 6) is 0. The summed E-state index contributed by atoms with van der Waals surface area (Å²) in [5, 5.41) is 0. The van der Waals surface area contributed by atoms with E-state index in [1.807, 2.05) is 0 Å². The molecule has 2 rings (SSSR count). The predicted molar refractivity (Wildman–Crippen MR) is 79.3 cm³/mol. The van der Waals surface area contributed by atoms with Crippen molar-refractivity contribution < 1.29 is 0 Å². The highest BCUT2D eigenvalue weighted by Crippen LogP contribution is 2.29. The van der Waals surface area contributed by atoms with E-state index in [9.17, 15) is 0 Å². The molecule has 2 heteroatoms. The number of hydrogen-bond acceptors (Lipinski definition) is 2. The summed E-state index contributed by atoms with van der Waals surface area (Å²) in [6.07, 6.45) is 4.99. The van der Waals surface area contributed by atoms with Gasteiger partial charge in [0.25, 0.3) is 0 Å². The van der Waals surface area contributed by atoms with Gasteiger partial charge in [0, 0.05) is 24.8 Å². The Hall–Kier alpha value is -1.02. The zero-order valence-electron chi connectivity index (χ0n) is 12.2. The first-order chi connectivity index (χ1) is 8.50. The van der Waals surface area contributed by atoms with E-state index in [0.717, 1.165) is 0 Å². The largest absolute Gasteiger partial charge is 0.370 e. The van der Waals surface area contributed by atoms with Crippen LogP contribution in [0.4, 0.5) is 5.69 Å². The average Bonchev–Trinajstić information content (AvgIpc) is 2.33. The monoisotopic (exact) mass is 246 g/mol. The molecule has 2 N–H and O–H groups in total. The van der Waals surface area contributed by atoms with Crippen LogP contribution in [-0.4, -0.2) is 19.1 Å². The molecule has 0 radical (unpaired) electrons. The molecule has 1 fully saturated rings. The maximum absolute atomic E-state index is 6.29. The Balaban J connectivity index is 2.27. The molecule has 0 spiro atoms. The minimum Gasteiger partial charge on any atom is -0.370 e. The van der Waals surface area contributed by atoms with Gasteiger partial charge in [-0.3, -0.25) is 0 Å². The van der Waals surface area contributed by atoms with Crippen LogP contribution in [-0.2, 0) is 0 Å². The third-order valence-electron chi connectivity index (χ3n) is 4.47. The van der Waals surface area contributed by atoms with E-state index in [4.69, 9.17) is 5.73 Å². The molecule has 2 unspecified atom stereocenters. The molecular weight excluding hydrogens is 220 g/mol. The lowest BCUT2D eigenvalue weighted by molar-refractivity contribution is 0.373. The van der Waals surface area contributed by atoms with Crippen LogP contribution in [0.3, 0.4) is 0 Å².